The number of carbonyl (C=O) groups excluding carboxylic acids is 2. The van der Waals surface area contributed by atoms with E-state index in [1.165, 1.54) is 19.1 Å². The molecule has 0 radical (unpaired) electrons. The van der Waals surface area contributed by atoms with Crippen LogP contribution in [0.3, 0.4) is 0 Å². The summed E-state index contributed by atoms with van der Waals surface area (Å²) in [5, 5.41) is 5.53. The number of anilines is 2. The third-order valence-electron chi connectivity index (χ3n) is 4.14. The van der Waals surface area contributed by atoms with Gasteiger partial charge in [-0.05, 0) is 55.4 Å². The van der Waals surface area contributed by atoms with Gasteiger partial charge < -0.3 is 10.6 Å². The van der Waals surface area contributed by atoms with Crippen LogP contribution in [-0.4, -0.2) is 29.8 Å². The third kappa shape index (κ3) is 5.67. The summed E-state index contributed by atoms with van der Waals surface area (Å²) >= 11 is 0. The van der Waals surface area contributed by atoms with Gasteiger partial charge in [-0.15, -0.1) is 0 Å². The van der Waals surface area contributed by atoms with Crippen molar-refractivity contribution in [1.82, 2.24) is 4.90 Å². The van der Waals surface area contributed by atoms with Crippen molar-refractivity contribution >= 4 is 23.2 Å². The zero-order valence-corrected chi connectivity index (χ0v) is 15.3. The van der Waals surface area contributed by atoms with Crippen LogP contribution in [0.15, 0.2) is 48.5 Å². The van der Waals surface area contributed by atoms with E-state index in [2.05, 4.69) is 10.6 Å². The molecule has 1 atom stereocenters. The number of carbonyl (C=O) groups is 2. The lowest BCUT2D eigenvalue weighted by atomic mass is 10.1. The van der Waals surface area contributed by atoms with E-state index < -0.39 is 0 Å². The predicted molar refractivity (Wildman–Crippen MR) is 101 cm³/mol. The summed E-state index contributed by atoms with van der Waals surface area (Å²) in [7, 11) is 0. The molecule has 0 saturated carbocycles. The highest BCUT2D eigenvalue weighted by Gasteiger charge is 2.17. The first-order valence-corrected chi connectivity index (χ1v) is 8.56. The molecule has 0 aliphatic heterocycles. The smallest absolute Gasteiger partial charge is 0.238 e. The van der Waals surface area contributed by atoms with Crippen LogP contribution in [-0.2, 0) is 9.59 Å². The number of hydrogen-bond acceptors (Lipinski definition) is 3. The molecule has 0 heterocycles. The molecule has 0 aliphatic carbocycles. The van der Waals surface area contributed by atoms with Gasteiger partial charge in [0.15, 0.2) is 0 Å². The van der Waals surface area contributed by atoms with Crippen LogP contribution < -0.4 is 10.6 Å². The van der Waals surface area contributed by atoms with Crippen LogP contribution in [0.2, 0.25) is 0 Å². The number of nitrogens with one attached hydrogen (secondary N) is 2. The maximum absolute atomic E-state index is 13.1. The number of likely N-dealkylation sites (N-methyl/N-ethyl adjacent to an activating group) is 1. The van der Waals surface area contributed by atoms with Crippen LogP contribution in [0.25, 0.3) is 0 Å². The largest absolute Gasteiger partial charge is 0.326 e. The molecule has 2 N–H and O–H groups in total. The van der Waals surface area contributed by atoms with E-state index in [1.807, 2.05) is 18.7 Å². The van der Waals surface area contributed by atoms with Crippen LogP contribution >= 0.6 is 0 Å². The van der Waals surface area contributed by atoms with E-state index in [1.54, 1.807) is 36.4 Å². The van der Waals surface area contributed by atoms with E-state index in [0.717, 1.165) is 5.56 Å². The molecule has 0 unspecified atom stereocenters. The summed E-state index contributed by atoms with van der Waals surface area (Å²) in [6.45, 7) is 6.33. The Hall–Kier alpha value is -2.73. The van der Waals surface area contributed by atoms with Crippen molar-refractivity contribution in [1.29, 1.82) is 0 Å². The quantitative estimate of drug-likeness (QED) is 0.792. The van der Waals surface area contributed by atoms with Gasteiger partial charge in [-0.1, -0.05) is 19.1 Å². The van der Waals surface area contributed by atoms with Crippen molar-refractivity contribution in [2.45, 2.75) is 26.8 Å². The van der Waals surface area contributed by atoms with Crippen molar-refractivity contribution < 1.29 is 14.0 Å². The fraction of sp³-hybridized carbons (Fsp3) is 0.300. The highest BCUT2D eigenvalue weighted by molar-refractivity contribution is 5.93. The maximum Gasteiger partial charge on any atom is 0.238 e. The van der Waals surface area contributed by atoms with Crippen LogP contribution in [0.4, 0.5) is 15.8 Å². The first-order chi connectivity index (χ1) is 12.4. The molecule has 6 heteroatoms. The topological polar surface area (TPSA) is 61.4 Å². The molecule has 5 nitrogen and oxygen atoms in total. The van der Waals surface area contributed by atoms with Crippen molar-refractivity contribution in [2.75, 3.05) is 23.7 Å². The Morgan fingerprint density at radius 2 is 1.54 bits per heavy atom. The van der Waals surface area contributed by atoms with Gasteiger partial charge in [0.1, 0.15) is 5.82 Å². The van der Waals surface area contributed by atoms with Gasteiger partial charge in [-0.3, -0.25) is 14.5 Å². The lowest BCUT2D eigenvalue weighted by molar-refractivity contribution is -0.118. The first-order valence-electron chi connectivity index (χ1n) is 8.56. The second-order valence-electron chi connectivity index (χ2n) is 6.10. The molecule has 0 saturated heterocycles. The van der Waals surface area contributed by atoms with Gasteiger partial charge in [0.25, 0.3) is 0 Å². The molecule has 0 bridgehead atoms. The molecule has 2 amide bonds. The maximum atomic E-state index is 13.1. The highest BCUT2D eigenvalue weighted by Crippen LogP contribution is 2.20. The summed E-state index contributed by atoms with van der Waals surface area (Å²) in [4.78, 5) is 25.4. The minimum absolute atomic E-state index is 0.00603. The number of amides is 2. The second kappa shape index (κ2) is 9.10. The fourth-order valence-electron chi connectivity index (χ4n) is 2.70. The van der Waals surface area contributed by atoms with Gasteiger partial charge in [0.05, 0.1) is 6.54 Å². The van der Waals surface area contributed by atoms with Gasteiger partial charge >= 0.3 is 0 Å². The minimum Gasteiger partial charge on any atom is -0.326 e. The average Bonchev–Trinajstić information content (AvgIpc) is 2.61. The number of halogens is 1. The SMILES string of the molecule is CCN(CC(=O)Nc1ccc(NC(C)=O)cc1)[C@H](C)c1ccc(F)cc1. The zero-order valence-electron chi connectivity index (χ0n) is 15.3. The summed E-state index contributed by atoms with van der Waals surface area (Å²) < 4.78 is 13.1. The Labute approximate surface area is 153 Å². The molecule has 0 aromatic heterocycles. The number of benzene rings is 2. The van der Waals surface area contributed by atoms with Crippen molar-refractivity contribution in [3.63, 3.8) is 0 Å². The Kier molecular flexibility index (Phi) is 6.86. The lowest BCUT2D eigenvalue weighted by Crippen LogP contribution is -2.35. The molecular formula is C20H24FN3O2. The molecule has 2 aromatic carbocycles. The van der Waals surface area contributed by atoms with Gasteiger partial charge in [-0.2, -0.15) is 0 Å². The number of hydrogen-bond donors (Lipinski definition) is 2. The number of rotatable bonds is 7. The molecule has 26 heavy (non-hydrogen) atoms. The molecule has 0 fully saturated rings. The molecule has 138 valence electrons. The predicted octanol–water partition coefficient (Wildman–Crippen LogP) is 3.81. The Bertz CT molecular complexity index is 745. The van der Waals surface area contributed by atoms with Crippen LogP contribution in [0.5, 0.6) is 0 Å². The van der Waals surface area contributed by atoms with Gasteiger partial charge in [-0.25, -0.2) is 4.39 Å². The summed E-state index contributed by atoms with van der Waals surface area (Å²) in [5.41, 5.74) is 2.30. The normalized spacial score (nSPS) is 11.9. The Balaban J connectivity index is 1.96. The van der Waals surface area contributed by atoms with E-state index in [9.17, 15) is 14.0 Å². The summed E-state index contributed by atoms with van der Waals surface area (Å²) in [6.07, 6.45) is 0. The van der Waals surface area contributed by atoms with Crippen molar-refractivity contribution in [3.05, 3.63) is 59.9 Å². The lowest BCUT2D eigenvalue weighted by Gasteiger charge is -2.27. The average molecular weight is 357 g/mol. The van der Waals surface area contributed by atoms with Crippen LogP contribution in [0, 0.1) is 5.82 Å². The fourth-order valence-corrected chi connectivity index (χ4v) is 2.70. The van der Waals surface area contributed by atoms with Gasteiger partial charge in [0.2, 0.25) is 11.8 Å². The summed E-state index contributed by atoms with van der Waals surface area (Å²) in [6, 6.07) is 13.3. The van der Waals surface area contributed by atoms with E-state index in [-0.39, 0.29) is 30.2 Å². The third-order valence-corrected chi connectivity index (χ3v) is 4.14. The molecule has 2 rings (SSSR count). The molecule has 0 spiro atoms. The molecule has 2 aromatic rings. The van der Waals surface area contributed by atoms with Crippen LogP contribution in [0.1, 0.15) is 32.4 Å². The van der Waals surface area contributed by atoms with E-state index in [0.29, 0.717) is 17.9 Å². The van der Waals surface area contributed by atoms with Crippen molar-refractivity contribution in [3.8, 4) is 0 Å². The summed E-state index contributed by atoms with van der Waals surface area (Å²) in [5.74, 6) is -0.548. The standard InChI is InChI=1S/C20H24FN3O2/c1-4-24(14(2)16-5-7-17(21)8-6-16)13-20(26)23-19-11-9-18(10-12-19)22-15(3)25/h5-12,14H,4,13H2,1-3H3,(H,22,25)(H,23,26)/t14-/m1/s1. The highest BCUT2D eigenvalue weighted by atomic mass is 19.1. The Morgan fingerprint density at radius 1 is 1.00 bits per heavy atom. The van der Waals surface area contributed by atoms with E-state index >= 15 is 0 Å². The Morgan fingerprint density at radius 3 is 2.04 bits per heavy atom. The monoisotopic (exact) mass is 357 g/mol. The molecular weight excluding hydrogens is 333 g/mol. The first kappa shape index (κ1) is 19.6. The van der Waals surface area contributed by atoms with E-state index in [4.69, 9.17) is 0 Å². The van der Waals surface area contributed by atoms with Crippen molar-refractivity contribution in [2.24, 2.45) is 0 Å². The number of nitrogens with zero attached hydrogens (tertiary/aromatic N) is 1. The zero-order chi connectivity index (χ0) is 19.1. The molecule has 0 aliphatic rings. The minimum atomic E-state index is -0.274. The second-order valence-corrected chi connectivity index (χ2v) is 6.10. The van der Waals surface area contributed by atoms with Gasteiger partial charge in [0, 0.05) is 24.3 Å².